The summed E-state index contributed by atoms with van der Waals surface area (Å²) >= 11 is 0. The van der Waals surface area contributed by atoms with Gasteiger partial charge in [-0.2, -0.15) is 0 Å². The van der Waals surface area contributed by atoms with Gasteiger partial charge in [0.05, 0.1) is 6.10 Å². The lowest BCUT2D eigenvalue weighted by Crippen LogP contribution is -2.44. The minimum atomic E-state index is -1.20. The van der Waals surface area contributed by atoms with Gasteiger partial charge in [-0.3, -0.25) is 23.9 Å². The van der Waals surface area contributed by atoms with Gasteiger partial charge < -0.3 is 30.4 Å². The summed E-state index contributed by atoms with van der Waals surface area (Å²) in [5.74, 6) is -1.91. The number of aliphatic hydroxyl groups is 1. The number of rotatable bonds is 7. The summed E-state index contributed by atoms with van der Waals surface area (Å²) in [6.07, 6.45) is 0.799. The standard InChI is InChI=1S/C22H23FN4O7.CH4O/c23-12-3-1-4-13(11-12)25-21(30)15-5-2-6-18(33-15)34-19(20(24)29)14-7-8-17(32-14)27-10-9-16(28)26-22(27)31;1-2/h1,3-5,9-11,14,17-19H,2,6-8H2,(H2,24,29)(H,25,30)(H,26,28,31);2H,1H3/t14?,17?,18-,19?;/m1./s1. The van der Waals surface area contributed by atoms with Crippen molar-refractivity contribution in [1.82, 2.24) is 9.55 Å². The zero-order chi connectivity index (χ0) is 26.2. The van der Waals surface area contributed by atoms with Crippen molar-refractivity contribution in [2.45, 2.75) is 50.4 Å². The van der Waals surface area contributed by atoms with Crippen molar-refractivity contribution >= 4 is 17.5 Å². The molecular formula is C23H27FN4O8. The molecule has 36 heavy (non-hydrogen) atoms. The summed E-state index contributed by atoms with van der Waals surface area (Å²) in [5, 5.41) is 9.54. The largest absolute Gasteiger partial charge is 0.459 e. The third-order valence-corrected chi connectivity index (χ3v) is 5.40. The Balaban J connectivity index is 0.00000176. The lowest BCUT2D eigenvalue weighted by Gasteiger charge is -2.29. The molecule has 4 rings (SSSR count). The van der Waals surface area contributed by atoms with Gasteiger partial charge in [0.2, 0.25) is 12.2 Å². The highest BCUT2D eigenvalue weighted by atomic mass is 19.1. The number of nitrogens with zero attached hydrogens (tertiary/aromatic N) is 1. The number of amides is 2. The summed E-state index contributed by atoms with van der Waals surface area (Å²) in [6, 6.07) is 6.60. The van der Waals surface area contributed by atoms with Gasteiger partial charge >= 0.3 is 5.69 Å². The molecule has 194 valence electrons. The second-order valence-corrected chi connectivity index (χ2v) is 7.84. The average Bonchev–Trinajstić information content (AvgIpc) is 3.33. The molecule has 1 aromatic carbocycles. The first kappa shape index (κ1) is 26.8. The van der Waals surface area contributed by atoms with Crippen LogP contribution in [0.2, 0.25) is 0 Å². The van der Waals surface area contributed by atoms with Crippen molar-refractivity contribution < 1.29 is 33.3 Å². The Bertz CT molecular complexity index is 1230. The summed E-state index contributed by atoms with van der Waals surface area (Å²) in [6.45, 7) is 0. The second-order valence-electron chi connectivity index (χ2n) is 7.84. The Morgan fingerprint density at radius 1 is 1.25 bits per heavy atom. The molecule has 0 spiro atoms. The van der Waals surface area contributed by atoms with Gasteiger partial charge in [-0.05, 0) is 43.5 Å². The average molecular weight is 506 g/mol. The van der Waals surface area contributed by atoms with E-state index in [1.807, 2.05) is 0 Å². The maximum Gasteiger partial charge on any atom is 0.330 e. The molecule has 0 saturated carbocycles. The minimum Gasteiger partial charge on any atom is -0.459 e. The lowest BCUT2D eigenvalue weighted by atomic mass is 10.1. The first-order chi connectivity index (χ1) is 17.3. The van der Waals surface area contributed by atoms with Crippen LogP contribution in [-0.2, 0) is 23.8 Å². The highest BCUT2D eigenvalue weighted by Crippen LogP contribution is 2.31. The molecule has 1 fully saturated rings. The van der Waals surface area contributed by atoms with Crippen LogP contribution in [0.4, 0.5) is 10.1 Å². The fourth-order valence-corrected chi connectivity index (χ4v) is 3.83. The molecular weight excluding hydrogens is 479 g/mol. The smallest absolute Gasteiger partial charge is 0.330 e. The molecule has 4 atom stereocenters. The predicted octanol–water partition coefficient (Wildman–Crippen LogP) is 0.491. The lowest BCUT2D eigenvalue weighted by molar-refractivity contribution is -0.194. The van der Waals surface area contributed by atoms with Gasteiger partial charge in [0.1, 0.15) is 12.0 Å². The van der Waals surface area contributed by atoms with Crippen molar-refractivity contribution in [3.63, 3.8) is 0 Å². The van der Waals surface area contributed by atoms with E-state index in [-0.39, 0.29) is 11.4 Å². The first-order valence-corrected chi connectivity index (χ1v) is 11.1. The molecule has 0 bridgehead atoms. The van der Waals surface area contributed by atoms with Crippen LogP contribution in [0.3, 0.4) is 0 Å². The summed E-state index contributed by atoms with van der Waals surface area (Å²) < 4.78 is 31.8. The van der Waals surface area contributed by atoms with E-state index in [0.29, 0.717) is 25.7 Å². The van der Waals surface area contributed by atoms with Crippen LogP contribution < -0.4 is 22.3 Å². The fourth-order valence-electron chi connectivity index (χ4n) is 3.83. The number of ether oxygens (including phenoxy) is 3. The van der Waals surface area contributed by atoms with Crippen molar-refractivity contribution in [3.8, 4) is 0 Å². The SMILES string of the molecule is CO.NC(=O)C(O[C@@H]1CCC=C(C(=O)Nc2cccc(F)c2)O1)C1CCC(n2ccc(=O)[nH]c2=O)O1. The number of aromatic amines is 1. The van der Waals surface area contributed by atoms with Crippen LogP contribution in [0.25, 0.3) is 0 Å². The molecule has 2 aliphatic rings. The van der Waals surface area contributed by atoms with Crippen LogP contribution in [0, 0.1) is 5.82 Å². The van der Waals surface area contributed by atoms with Crippen molar-refractivity contribution in [1.29, 1.82) is 0 Å². The van der Waals surface area contributed by atoms with Crippen LogP contribution in [0.15, 0.2) is 58.0 Å². The molecule has 3 unspecified atom stereocenters. The van der Waals surface area contributed by atoms with Gasteiger partial charge in [-0.15, -0.1) is 0 Å². The van der Waals surface area contributed by atoms with Crippen LogP contribution in [0.1, 0.15) is 31.9 Å². The molecule has 2 amide bonds. The third-order valence-electron chi connectivity index (χ3n) is 5.40. The van der Waals surface area contributed by atoms with Crippen molar-refractivity contribution in [2.24, 2.45) is 5.73 Å². The van der Waals surface area contributed by atoms with Gasteiger partial charge in [0, 0.05) is 31.5 Å². The molecule has 3 heterocycles. The van der Waals surface area contributed by atoms with Gasteiger partial charge in [0.25, 0.3) is 11.5 Å². The quantitative estimate of drug-likeness (QED) is 0.420. The third kappa shape index (κ3) is 6.65. The van der Waals surface area contributed by atoms with E-state index in [2.05, 4.69) is 10.3 Å². The van der Waals surface area contributed by atoms with Crippen molar-refractivity contribution in [3.05, 3.63) is 75.0 Å². The monoisotopic (exact) mass is 506 g/mol. The molecule has 2 aromatic rings. The number of nitrogens with two attached hydrogens (primary N) is 1. The number of hydrogen-bond acceptors (Lipinski definition) is 8. The zero-order valence-corrected chi connectivity index (χ0v) is 19.4. The van der Waals surface area contributed by atoms with E-state index >= 15 is 0 Å². The number of nitrogens with one attached hydrogen (secondary N) is 2. The van der Waals surface area contributed by atoms with E-state index in [9.17, 15) is 23.6 Å². The number of halogens is 1. The first-order valence-electron chi connectivity index (χ1n) is 11.1. The molecule has 1 aromatic heterocycles. The van der Waals surface area contributed by atoms with Gasteiger partial charge in [0.15, 0.2) is 11.9 Å². The maximum atomic E-state index is 13.4. The Hall–Kier alpha value is -3.81. The summed E-state index contributed by atoms with van der Waals surface area (Å²) in [7, 11) is 1.00. The molecule has 2 aliphatic heterocycles. The number of H-pyrrole nitrogens is 1. The predicted molar refractivity (Wildman–Crippen MR) is 124 cm³/mol. The summed E-state index contributed by atoms with van der Waals surface area (Å²) in [5.41, 5.74) is 4.62. The molecule has 13 heteroatoms. The highest BCUT2D eigenvalue weighted by Gasteiger charge is 2.39. The van der Waals surface area contributed by atoms with Gasteiger partial charge in [-0.1, -0.05) is 6.07 Å². The Morgan fingerprint density at radius 3 is 2.72 bits per heavy atom. The van der Waals surface area contributed by atoms with Crippen molar-refractivity contribution in [2.75, 3.05) is 12.4 Å². The summed E-state index contributed by atoms with van der Waals surface area (Å²) in [4.78, 5) is 50.1. The number of benzene rings is 1. The number of aliphatic hydroxyl groups excluding tert-OH is 1. The number of allylic oxidation sites excluding steroid dienone is 1. The number of anilines is 1. The molecule has 1 saturated heterocycles. The second kappa shape index (κ2) is 12.2. The van der Waals surface area contributed by atoms with Crippen LogP contribution in [-0.4, -0.2) is 52.1 Å². The number of carbonyl (C=O) groups excluding carboxylic acids is 2. The molecule has 0 aliphatic carbocycles. The number of aromatic nitrogens is 2. The molecule has 0 radical (unpaired) electrons. The highest BCUT2D eigenvalue weighted by molar-refractivity contribution is 6.02. The molecule has 12 nitrogen and oxygen atoms in total. The van der Waals surface area contributed by atoms with Crippen LogP contribution in [0.5, 0.6) is 0 Å². The normalized spacial score (nSPS) is 21.9. The number of primary amides is 1. The van der Waals surface area contributed by atoms with E-state index < -0.39 is 53.6 Å². The van der Waals surface area contributed by atoms with E-state index in [0.717, 1.165) is 7.11 Å². The minimum absolute atomic E-state index is 0.0336. The van der Waals surface area contributed by atoms with E-state index in [1.54, 1.807) is 6.08 Å². The Morgan fingerprint density at radius 2 is 2.03 bits per heavy atom. The topological polar surface area (TPSA) is 175 Å². The Labute approximate surface area is 204 Å². The van der Waals surface area contributed by atoms with E-state index in [1.165, 1.54) is 41.1 Å². The number of carbonyl (C=O) groups is 2. The van der Waals surface area contributed by atoms with Crippen LogP contribution >= 0.6 is 0 Å². The maximum absolute atomic E-state index is 13.4. The zero-order valence-electron chi connectivity index (χ0n) is 19.4. The number of hydrogen-bond donors (Lipinski definition) is 4. The molecule has 5 N–H and O–H groups in total. The van der Waals surface area contributed by atoms with Gasteiger partial charge in [-0.25, -0.2) is 9.18 Å². The Kier molecular flexibility index (Phi) is 9.11. The van der Waals surface area contributed by atoms with E-state index in [4.69, 9.17) is 25.1 Å². The fraction of sp³-hybridized carbons (Fsp3) is 0.391.